The van der Waals surface area contributed by atoms with Gasteiger partial charge in [0.05, 0.1) is 29.6 Å². The number of rotatable bonds is 5. The molecule has 0 radical (unpaired) electrons. The molecule has 2 heterocycles. The minimum absolute atomic E-state index is 0.139. The van der Waals surface area contributed by atoms with Crippen LogP contribution in [0.1, 0.15) is 51.2 Å². The first-order chi connectivity index (χ1) is 19.3. The van der Waals surface area contributed by atoms with Gasteiger partial charge in [0.2, 0.25) is 0 Å². The van der Waals surface area contributed by atoms with E-state index in [1.54, 1.807) is 11.2 Å². The van der Waals surface area contributed by atoms with Gasteiger partial charge in [0.15, 0.2) is 0 Å². The number of carbonyl (C=O) groups is 1. The summed E-state index contributed by atoms with van der Waals surface area (Å²) in [4.78, 5) is 26.4. The average Bonchev–Trinajstić information content (AvgIpc) is 3.64. The molecule has 4 aromatic rings. The number of H-pyrrole nitrogens is 1. The van der Waals surface area contributed by atoms with Gasteiger partial charge in [0.1, 0.15) is 11.8 Å². The summed E-state index contributed by atoms with van der Waals surface area (Å²) in [6.07, 6.45) is 6.61. The lowest BCUT2D eigenvalue weighted by molar-refractivity contribution is 0.0213. The van der Waals surface area contributed by atoms with E-state index in [-0.39, 0.29) is 12.3 Å². The Labute approximate surface area is 235 Å². The van der Waals surface area contributed by atoms with Crippen LogP contribution in [-0.2, 0) is 11.2 Å². The molecule has 2 aliphatic rings. The van der Waals surface area contributed by atoms with Gasteiger partial charge < -0.3 is 15.0 Å². The Balaban J connectivity index is 1.27. The summed E-state index contributed by atoms with van der Waals surface area (Å²) >= 11 is 0. The van der Waals surface area contributed by atoms with Gasteiger partial charge >= 0.3 is 6.09 Å². The summed E-state index contributed by atoms with van der Waals surface area (Å²) in [7, 11) is 0. The monoisotopic (exact) mass is 533 g/mol. The number of hydrogen-bond donors (Lipinski definition) is 2. The lowest BCUT2D eigenvalue weighted by atomic mass is 9.89. The molecule has 1 atom stereocenters. The van der Waals surface area contributed by atoms with Gasteiger partial charge in [-0.15, -0.1) is 0 Å². The van der Waals surface area contributed by atoms with Crippen molar-refractivity contribution in [1.82, 2.24) is 20.2 Å². The van der Waals surface area contributed by atoms with Crippen LogP contribution >= 0.6 is 0 Å². The van der Waals surface area contributed by atoms with E-state index in [0.717, 1.165) is 53.9 Å². The Kier molecular flexibility index (Phi) is 6.66. The molecule has 1 aliphatic heterocycles. The first-order valence-electron chi connectivity index (χ1n) is 13.9. The van der Waals surface area contributed by atoms with E-state index in [1.807, 2.05) is 27.0 Å². The highest BCUT2D eigenvalue weighted by molar-refractivity contribution is 5.90. The molecule has 1 saturated heterocycles. The van der Waals surface area contributed by atoms with Crippen LogP contribution in [0.25, 0.3) is 38.9 Å². The summed E-state index contributed by atoms with van der Waals surface area (Å²) in [6, 6.07) is 19.7. The molecule has 1 aliphatic carbocycles. The second kappa shape index (κ2) is 10.3. The van der Waals surface area contributed by atoms with E-state index in [2.05, 4.69) is 81.6 Å². The maximum Gasteiger partial charge on any atom is 0.411 e. The van der Waals surface area contributed by atoms with Crippen LogP contribution in [0, 0.1) is 0 Å². The van der Waals surface area contributed by atoms with E-state index in [9.17, 15) is 4.79 Å². The zero-order valence-electron chi connectivity index (χ0n) is 23.3. The smallest absolute Gasteiger partial charge is 0.411 e. The van der Waals surface area contributed by atoms with E-state index in [1.165, 1.54) is 27.5 Å². The lowest BCUT2D eigenvalue weighted by Crippen LogP contribution is -2.46. The highest BCUT2D eigenvalue weighted by Crippen LogP contribution is 2.36. The zero-order chi connectivity index (χ0) is 27.9. The third-order valence-electron chi connectivity index (χ3n) is 7.66. The second-order valence-corrected chi connectivity index (χ2v) is 11.6. The number of amides is 1. The number of aliphatic imine (C=N–C) groups is 1. The molecule has 1 unspecified atom stereocenters. The first kappa shape index (κ1) is 25.9. The highest BCUT2D eigenvalue weighted by Gasteiger charge is 2.34. The maximum absolute atomic E-state index is 12.9. The molecule has 40 heavy (non-hydrogen) atoms. The summed E-state index contributed by atoms with van der Waals surface area (Å²) in [5, 5.41) is 6.04. The molecule has 1 amide bonds. The Morgan fingerprint density at radius 1 is 1.05 bits per heavy atom. The first-order valence-corrected chi connectivity index (χ1v) is 13.9. The van der Waals surface area contributed by atoms with Crippen LogP contribution in [0.15, 0.2) is 77.8 Å². The summed E-state index contributed by atoms with van der Waals surface area (Å²) < 4.78 is 5.67. The van der Waals surface area contributed by atoms with Crippen LogP contribution in [-0.4, -0.2) is 46.0 Å². The average molecular weight is 534 g/mol. The maximum atomic E-state index is 12.9. The fourth-order valence-electron chi connectivity index (χ4n) is 5.71. The van der Waals surface area contributed by atoms with Crippen molar-refractivity contribution in [2.75, 3.05) is 6.54 Å². The standard InChI is InChI=1S/C33H35N5O2/c1-33(2,3)40-32(39)38-15-5-6-30(38)37-31-27-13-11-24(17-25(27)12-14-28(31)34-4)21-7-8-23-18-26(10-9-22(23)16-21)29-19-35-20-36-29/h7-11,13,16-20,30,37H,4-6,12,14-15H2,1-3H3,(H,35,36). The highest BCUT2D eigenvalue weighted by atomic mass is 16.6. The van der Waals surface area contributed by atoms with Gasteiger partial charge in [-0.1, -0.05) is 42.5 Å². The predicted octanol–water partition coefficient (Wildman–Crippen LogP) is 7.16. The summed E-state index contributed by atoms with van der Waals surface area (Å²) in [6.45, 7) is 10.2. The topological polar surface area (TPSA) is 82.6 Å². The number of allylic oxidation sites excluding steroid dienone is 1. The minimum Gasteiger partial charge on any atom is -0.444 e. The van der Waals surface area contributed by atoms with Crippen molar-refractivity contribution in [2.24, 2.45) is 4.99 Å². The number of aryl methyl sites for hydroxylation is 1. The number of carbonyl (C=O) groups excluding carboxylic acids is 1. The number of nitrogens with zero attached hydrogens (tertiary/aromatic N) is 3. The van der Waals surface area contributed by atoms with Crippen molar-refractivity contribution in [3.05, 3.63) is 83.9 Å². The van der Waals surface area contributed by atoms with Crippen molar-refractivity contribution < 1.29 is 9.53 Å². The molecule has 204 valence electrons. The molecule has 1 fully saturated rings. The third kappa shape index (κ3) is 5.11. The van der Waals surface area contributed by atoms with Crippen LogP contribution in [0.2, 0.25) is 0 Å². The SMILES string of the molecule is C=NC1=C(NC2CCCN2C(=O)OC(C)(C)C)c2ccc(-c3ccc4cc(-c5cnc[nH]5)ccc4c3)cc2CC1. The van der Waals surface area contributed by atoms with Gasteiger partial charge in [-0.2, -0.15) is 0 Å². The van der Waals surface area contributed by atoms with Gasteiger partial charge in [-0.3, -0.25) is 9.89 Å². The van der Waals surface area contributed by atoms with Gasteiger partial charge in [-0.05, 0) is 92.8 Å². The third-order valence-corrected chi connectivity index (χ3v) is 7.66. The zero-order valence-corrected chi connectivity index (χ0v) is 23.3. The molecule has 2 N–H and O–H groups in total. The number of hydrogen-bond acceptors (Lipinski definition) is 5. The van der Waals surface area contributed by atoms with Crippen molar-refractivity contribution in [3.8, 4) is 22.4 Å². The number of aromatic nitrogens is 2. The Bertz CT molecular complexity index is 1610. The molecule has 6 rings (SSSR count). The molecule has 1 aromatic heterocycles. The Morgan fingerprint density at radius 3 is 2.50 bits per heavy atom. The van der Waals surface area contributed by atoms with E-state index < -0.39 is 5.60 Å². The minimum atomic E-state index is -0.532. The van der Waals surface area contributed by atoms with E-state index >= 15 is 0 Å². The van der Waals surface area contributed by atoms with Gasteiger partial charge in [0.25, 0.3) is 0 Å². The van der Waals surface area contributed by atoms with Crippen molar-refractivity contribution in [1.29, 1.82) is 0 Å². The number of ether oxygens (including phenoxy) is 1. The molecular weight excluding hydrogens is 498 g/mol. The van der Waals surface area contributed by atoms with Crippen LogP contribution in [0.5, 0.6) is 0 Å². The number of fused-ring (bicyclic) bond motifs is 2. The van der Waals surface area contributed by atoms with Crippen molar-refractivity contribution in [2.45, 2.75) is 58.2 Å². The number of nitrogens with one attached hydrogen (secondary N) is 2. The molecule has 7 nitrogen and oxygen atoms in total. The lowest BCUT2D eigenvalue weighted by Gasteiger charge is -2.32. The number of imidazole rings is 1. The molecule has 7 heteroatoms. The van der Waals surface area contributed by atoms with Crippen molar-refractivity contribution in [3.63, 3.8) is 0 Å². The Morgan fingerprint density at radius 2 is 1.77 bits per heavy atom. The predicted molar refractivity (Wildman–Crippen MR) is 161 cm³/mol. The number of likely N-dealkylation sites (tertiary alicyclic amines) is 1. The quantitative estimate of drug-likeness (QED) is 0.267. The van der Waals surface area contributed by atoms with Gasteiger partial charge in [-0.25, -0.2) is 9.78 Å². The van der Waals surface area contributed by atoms with Crippen molar-refractivity contribution >= 4 is 29.3 Å². The van der Waals surface area contributed by atoms with E-state index in [0.29, 0.717) is 6.54 Å². The normalized spacial score (nSPS) is 17.2. The fourth-order valence-corrected chi connectivity index (χ4v) is 5.71. The van der Waals surface area contributed by atoms with Crippen LogP contribution in [0.3, 0.4) is 0 Å². The second-order valence-electron chi connectivity index (χ2n) is 11.6. The van der Waals surface area contributed by atoms with Crippen LogP contribution < -0.4 is 5.32 Å². The fraction of sp³-hybridized carbons (Fsp3) is 0.303. The largest absolute Gasteiger partial charge is 0.444 e. The molecule has 0 saturated carbocycles. The van der Waals surface area contributed by atoms with Gasteiger partial charge in [0, 0.05) is 17.7 Å². The molecular formula is C33H35N5O2. The molecule has 0 spiro atoms. The summed E-state index contributed by atoms with van der Waals surface area (Å²) in [5.41, 5.74) is 8.27. The molecule has 0 bridgehead atoms. The van der Waals surface area contributed by atoms with Crippen LogP contribution in [0.4, 0.5) is 4.79 Å². The number of aromatic amines is 1. The Hall–Kier alpha value is -4.39. The molecule has 3 aromatic carbocycles. The summed E-state index contributed by atoms with van der Waals surface area (Å²) in [5.74, 6) is 0. The van der Waals surface area contributed by atoms with E-state index in [4.69, 9.17) is 4.74 Å². The number of benzene rings is 3.